The van der Waals surface area contributed by atoms with Crippen LogP contribution in [0.4, 0.5) is 0 Å². The van der Waals surface area contributed by atoms with Crippen molar-refractivity contribution in [2.45, 2.75) is 263 Å². The fourth-order valence-electron chi connectivity index (χ4n) is 8.47. The number of hydrogen-bond donors (Lipinski definition) is 4. The van der Waals surface area contributed by atoms with Crippen molar-refractivity contribution in [3.05, 3.63) is 0 Å². The van der Waals surface area contributed by atoms with E-state index in [-0.39, 0.29) is 12.8 Å². The van der Waals surface area contributed by atoms with Gasteiger partial charge in [0.15, 0.2) is 41.1 Å². The summed E-state index contributed by atoms with van der Waals surface area (Å²) >= 11 is 0. The Balaban J connectivity index is 2.95. The van der Waals surface area contributed by atoms with Crippen LogP contribution in [0.25, 0.3) is 0 Å². The SMILES string of the molecule is CCCCCCCCCCCCCCCC(=O)OCC(COC1O[C@H]([C@@H](O)C(C)=O)[C@](O)(C(C)=O)[C@@](O)(C(C)=O)[C@]1(O)C(C)=O)OC(=O)CCCCCCCCCCCCCCC. The maximum atomic E-state index is 13.1. The molecule has 0 amide bonds. The Kier molecular flexibility index (Phi) is 29.8. The van der Waals surface area contributed by atoms with Gasteiger partial charge in [0.2, 0.25) is 11.2 Å². The van der Waals surface area contributed by atoms with Crippen LogP contribution < -0.4 is 0 Å². The van der Waals surface area contributed by atoms with E-state index in [1.54, 1.807) is 0 Å². The third-order valence-corrected chi connectivity index (χ3v) is 12.5. The molecule has 366 valence electrons. The highest BCUT2D eigenvalue weighted by atomic mass is 16.7. The fraction of sp³-hybridized carbons (Fsp3) is 0.878. The Labute approximate surface area is 378 Å². The van der Waals surface area contributed by atoms with Gasteiger partial charge in [-0.3, -0.25) is 28.8 Å². The van der Waals surface area contributed by atoms with Crippen molar-refractivity contribution in [2.24, 2.45) is 0 Å². The van der Waals surface area contributed by atoms with Gasteiger partial charge in [-0.1, -0.05) is 168 Å². The number of carbonyl (C=O) groups excluding carboxylic acids is 6. The monoisotopic (exact) mass is 899 g/mol. The minimum Gasteiger partial charge on any atom is -0.462 e. The zero-order valence-corrected chi connectivity index (χ0v) is 39.9. The summed E-state index contributed by atoms with van der Waals surface area (Å²) in [6.45, 7) is 6.25. The topological polar surface area (TPSA) is 220 Å². The van der Waals surface area contributed by atoms with E-state index in [2.05, 4.69) is 13.8 Å². The van der Waals surface area contributed by atoms with Gasteiger partial charge < -0.3 is 39.4 Å². The molecular weight excluding hydrogens is 813 g/mol. The second kappa shape index (κ2) is 32.1. The van der Waals surface area contributed by atoms with Crippen molar-refractivity contribution >= 4 is 35.1 Å². The Morgan fingerprint density at radius 1 is 0.508 bits per heavy atom. The van der Waals surface area contributed by atoms with Gasteiger partial charge in [0, 0.05) is 12.8 Å². The Bertz CT molecular complexity index is 1350. The largest absolute Gasteiger partial charge is 0.462 e. The van der Waals surface area contributed by atoms with Crippen LogP contribution >= 0.6 is 0 Å². The lowest BCUT2D eigenvalue weighted by molar-refractivity contribution is -0.374. The lowest BCUT2D eigenvalue weighted by Crippen LogP contribution is -2.87. The van der Waals surface area contributed by atoms with Gasteiger partial charge in [0.25, 0.3) is 0 Å². The van der Waals surface area contributed by atoms with E-state index >= 15 is 0 Å². The third-order valence-electron chi connectivity index (χ3n) is 12.5. The van der Waals surface area contributed by atoms with Crippen molar-refractivity contribution in [3.8, 4) is 0 Å². The molecule has 2 unspecified atom stereocenters. The number of carbonyl (C=O) groups is 6. The van der Waals surface area contributed by atoms with E-state index < -0.39 is 89.7 Å². The minimum absolute atomic E-state index is 0.0427. The average Bonchev–Trinajstić information content (AvgIpc) is 3.24. The first-order chi connectivity index (χ1) is 30.0. The molecule has 0 aromatic heterocycles. The standard InChI is InChI=1S/C49H86O14/c1-7-9-11-13-15-17-19-21-23-25-27-29-31-33-42(54)60-35-41(62-43(55)34-32-30-28-26-24-22-20-18-16-14-12-10-8-2)36-61-46-48(58,39(5)52)49(59,40(6)53)47(57,38(4)51)45(63-46)44(56)37(3)50/h41,44-46,56-59H,7-36H2,1-6H3/t41?,44-,45+,46?,47+,48-,49-/m0/s1. The van der Waals surface area contributed by atoms with Gasteiger partial charge in [-0.25, -0.2) is 0 Å². The minimum atomic E-state index is -3.69. The first-order valence-corrected chi connectivity index (χ1v) is 24.5. The summed E-state index contributed by atoms with van der Waals surface area (Å²) in [6.07, 6.45) is 21.1. The summed E-state index contributed by atoms with van der Waals surface area (Å²) in [4.78, 5) is 77.4. The summed E-state index contributed by atoms with van der Waals surface area (Å²) < 4.78 is 22.4. The van der Waals surface area contributed by atoms with E-state index in [4.69, 9.17) is 18.9 Å². The number of unbranched alkanes of at least 4 members (excludes halogenated alkanes) is 24. The highest BCUT2D eigenvalue weighted by Crippen LogP contribution is 2.48. The number of aliphatic hydroxyl groups is 4. The molecule has 0 aliphatic carbocycles. The molecule has 0 spiro atoms. The molecule has 1 aliphatic rings. The second-order valence-corrected chi connectivity index (χ2v) is 18.0. The van der Waals surface area contributed by atoms with E-state index in [0.29, 0.717) is 19.8 Å². The molecule has 63 heavy (non-hydrogen) atoms. The lowest BCUT2D eigenvalue weighted by atomic mass is 9.60. The number of aliphatic hydroxyl groups excluding tert-OH is 1. The van der Waals surface area contributed by atoms with Crippen molar-refractivity contribution in [3.63, 3.8) is 0 Å². The highest BCUT2D eigenvalue weighted by Gasteiger charge is 2.79. The smallest absolute Gasteiger partial charge is 0.306 e. The molecule has 1 aliphatic heterocycles. The molecule has 1 fully saturated rings. The molecular formula is C49H86O14. The van der Waals surface area contributed by atoms with Gasteiger partial charge in [-0.15, -0.1) is 0 Å². The number of esters is 2. The van der Waals surface area contributed by atoms with Gasteiger partial charge >= 0.3 is 11.9 Å². The maximum Gasteiger partial charge on any atom is 0.306 e. The molecule has 1 heterocycles. The molecule has 4 N–H and O–H groups in total. The summed E-state index contributed by atoms with van der Waals surface area (Å²) in [7, 11) is 0. The number of ether oxygens (including phenoxy) is 4. The first-order valence-electron chi connectivity index (χ1n) is 24.5. The van der Waals surface area contributed by atoms with Crippen LogP contribution in [-0.4, -0.2) is 110 Å². The van der Waals surface area contributed by atoms with Crippen molar-refractivity contribution in [2.75, 3.05) is 13.2 Å². The number of hydrogen-bond acceptors (Lipinski definition) is 14. The van der Waals surface area contributed by atoms with Crippen LogP contribution in [-0.2, 0) is 47.7 Å². The lowest BCUT2D eigenvalue weighted by Gasteiger charge is -2.58. The predicted octanol–water partition coefficient (Wildman–Crippen LogP) is 8.06. The predicted molar refractivity (Wildman–Crippen MR) is 240 cm³/mol. The molecule has 1 saturated heterocycles. The van der Waals surface area contributed by atoms with Crippen molar-refractivity contribution in [1.82, 2.24) is 0 Å². The van der Waals surface area contributed by atoms with Crippen molar-refractivity contribution < 1.29 is 68.1 Å². The van der Waals surface area contributed by atoms with Gasteiger partial charge in [0.05, 0.1) is 6.61 Å². The average molecular weight is 899 g/mol. The molecule has 0 saturated carbocycles. The van der Waals surface area contributed by atoms with Crippen LogP contribution in [0.5, 0.6) is 0 Å². The number of Topliss-reactive ketones (excluding diaryl/α,β-unsaturated/α-hetero) is 4. The summed E-state index contributed by atoms with van der Waals surface area (Å²) in [5.41, 5.74) is -10.7. The summed E-state index contributed by atoms with van der Waals surface area (Å²) in [5, 5.41) is 46.0. The van der Waals surface area contributed by atoms with Crippen LogP contribution in [0.1, 0.15) is 221 Å². The van der Waals surface area contributed by atoms with Crippen molar-refractivity contribution in [1.29, 1.82) is 0 Å². The maximum absolute atomic E-state index is 13.1. The van der Waals surface area contributed by atoms with Crippen LogP contribution in [0.15, 0.2) is 0 Å². The molecule has 14 heteroatoms. The normalized spacial score (nSPS) is 23.2. The highest BCUT2D eigenvalue weighted by molar-refractivity contribution is 6.05. The first kappa shape index (κ1) is 58.4. The Morgan fingerprint density at radius 2 is 0.873 bits per heavy atom. The zero-order valence-electron chi connectivity index (χ0n) is 39.9. The Morgan fingerprint density at radius 3 is 1.22 bits per heavy atom. The molecule has 0 aromatic carbocycles. The zero-order chi connectivity index (χ0) is 47.3. The van der Waals surface area contributed by atoms with Gasteiger partial charge in [0.1, 0.15) is 18.8 Å². The quantitative estimate of drug-likeness (QED) is 0.0339. The molecule has 1 rings (SSSR count). The number of rotatable bonds is 39. The summed E-state index contributed by atoms with van der Waals surface area (Å²) in [5.74, 6) is -6.49. The van der Waals surface area contributed by atoms with E-state index in [0.717, 1.165) is 72.1 Å². The van der Waals surface area contributed by atoms with E-state index in [1.807, 2.05) is 0 Å². The van der Waals surface area contributed by atoms with E-state index in [9.17, 15) is 49.2 Å². The van der Waals surface area contributed by atoms with Gasteiger partial charge in [-0.05, 0) is 40.5 Å². The molecule has 7 atom stereocenters. The van der Waals surface area contributed by atoms with E-state index in [1.165, 1.54) is 103 Å². The van der Waals surface area contributed by atoms with Gasteiger partial charge in [-0.2, -0.15) is 0 Å². The third kappa shape index (κ3) is 19.0. The molecule has 0 radical (unpaired) electrons. The molecule has 0 aromatic rings. The number of ketones is 4. The Hall–Kier alpha value is -2.62. The molecule has 0 bridgehead atoms. The summed E-state index contributed by atoms with van der Waals surface area (Å²) in [6, 6.07) is 0. The van der Waals surface area contributed by atoms with Crippen LogP contribution in [0.2, 0.25) is 0 Å². The van der Waals surface area contributed by atoms with Crippen LogP contribution in [0.3, 0.4) is 0 Å². The second-order valence-electron chi connectivity index (χ2n) is 18.0. The fourth-order valence-corrected chi connectivity index (χ4v) is 8.47. The van der Waals surface area contributed by atoms with Crippen LogP contribution in [0, 0.1) is 0 Å². The molecule has 14 nitrogen and oxygen atoms in total.